The van der Waals surface area contributed by atoms with Gasteiger partial charge in [0.05, 0.1) is 4.90 Å². The van der Waals surface area contributed by atoms with Crippen molar-refractivity contribution in [2.75, 3.05) is 0 Å². The summed E-state index contributed by atoms with van der Waals surface area (Å²) in [6.07, 6.45) is 0. The highest BCUT2D eigenvalue weighted by atomic mass is 32.2. The smallest absolute Gasteiger partial charge is 0.282 e. The Morgan fingerprint density at radius 1 is 1.33 bits per heavy atom. The predicted octanol–water partition coefficient (Wildman–Crippen LogP) is 1.33. The Balaban J connectivity index is 3.29. The third-order valence-electron chi connectivity index (χ3n) is 1.22. The molecular formula is C6H5NO4S. The largest absolute Gasteiger partial charge is 0.294 e. The molecule has 1 aromatic carbocycles. The van der Waals surface area contributed by atoms with Gasteiger partial charge in [0.25, 0.3) is 10.1 Å². The summed E-state index contributed by atoms with van der Waals surface area (Å²) in [4.78, 5) is 9.63. The monoisotopic (exact) mass is 187 g/mol. The Morgan fingerprint density at radius 3 is 2.50 bits per heavy atom. The lowest BCUT2D eigenvalue weighted by Crippen LogP contribution is -1.96. The predicted molar refractivity (Wildman–Crippen MR) is 41.7 cm³/mol. The van der Waals surface area contributed by atoms with Crippen LogP contribution in [0.5, 0.6) is 0 Å². The van der Waals surface area contributed by atoms with E-state index in [1.165, 1.54) is 18.2 Å². The molecular weight excluding hydrogens is 182 g/mol. The molecule has 1 aromatic rings. The van der Waals surface area contributed by atoms with Crippen LogP contribution in [0.15, 0.2) is 34.3 Å². The maximum atomic E-state index is 10.5. The summed E-state index contributed by atoms with van der Waals surface area (Å²) in [5, 5.41) is 2.52. The van der Waals surface area contributed by atoms with Gasteiger partial charge in [0.1, 0.15) is 5.69 Å². The fraction of sp³-hybridized carbons (Fsp3) is 0. The van der Waals surface area contributed by atoms with Crippen LogP contribution in [0.1, 0.15) is 0 Å². The zero-order valence-electron chi connectivity index (χ0n) is 5.84. The third kappa shape index (κ3) is 1.86. The molecule has 64 valence electrons. The quantitative estimate of drug-likeness (QED) is 0.559. The van der Waals surface area contributed by atoms with Gasteiger partial charge in [0, 0.05) is 0 Å². The highest BCUT2D eigenvalue weighted by Gasteiger charge is 2.09. The van der Waals surface area contributed by atoms with Gasteiger partial charge in [-0.1, -0.05) is 6.07 Å². The molecule has 0 spiro atoms. The minimum absolute atomic E-state index is 0.0369. The Bertz CT molecular complexity index is 398. The molecule has 0 fully saturated rings. The van der Waals surface area contributed by atoms with Gasteiger partial charge < -0.3 is 0 Å². The number of rotatable bonds is 2. The van der Waals surface area contributed by atoms with Crippen molar-refractivity contribution < 1.29 is 13.0 Å². The van der Waals surface area contributed by atoms with Crippen molar-refractivity contribution >= 4 is 15.8 Å². The highest BCUT2D eigenvalue weighted by Crippen LogP contribution is 2.16. The zero-order chi connectivity index (χ0) is 9.19. The van der Waals surface area contributed by atoms with Crippen molar-refractivity contribution in [1.82, 2.24) is 0 Å². The Hall–Kier alpha value is -1.27. The molecule has 0 aromatic heterocycles. The fourth-order valence-corrected chi connectivity index (χ4v) is 1.22. The lowest BCUT2D eigenvalue weighted by molar-refractivity contribution is 0.483. The van der Waals surface area contributed by atoms with Crippen LogP contribution in [-0.4, -0.2) is 13.0 Å². The van der Waals surface area contributed by atoms with E-state index in [2.05, 4.69) is 5.18 Å². The number of benzene rings is 1. The standard InChI is InChI=1S/C6H5NO4S/c8-7-5-2-1-3-6(4-5)12(9,10)11/h1-4H,(H,9,10,11). The van der Waals surface area contributed by atoms with Crippen LogP contribution in [-0.2, 0) is 10.1 Å². The van der Waals surface area contributed by atoms with E-state index < -0.39 is 10.1 Å². The van der Waals surface area contributed by atoms with E-state index >= 15 is 0 Å². The van der Waals surface area contributed by atoms with Crippen molar-refractivity contribution in [3.8, 4) is 0 Å². The molecule has 0 saturated heterocycles. The van der Waals surface area contributed by atoms with Crippen molar-refractivity contribution in [2.45, 2.75) is 4.90 Å². The molecule has 1 rings (SSSR count). The summed E-state index contributed by atoms with van der Waals surface area (Å²) in [5.41, 5.74) is -0.0369. The first-order valence-electron chi connectivity index (χ1n) is 2.95. The van der Waals surface area contributed by atoms with Gasteiger partial charge in [-0.25, -0.2) is 0 Å². The van der Waals surface area contributed by atoms with E-state index in [-0.39, 0.29) is 10.6 Å². The fourth-order valence-electron chi connectivity index (χ4n) is 0.701. The van der Waals surface area contributed by atoms with E-state index in [1.807, 2.05) is 0 Å². The first-order valence-corrected chi connectivity index (χ1v) is 4.39. The lowest BCUT2D eigenvalue weighted by atomic mass is 10.3. The Morgan fingerprint density at radius 2 is 2.00 bits per heavy atom. The van der Waals surface area contributed by atoms with Crippen molar-refractivity contribution in [2.24, 2.45) is 5.18 Å². The lowest BCUT2D eigenvalue weighted by Gasteiger charge is -1.94. The van der Waals surface area contributed by atoms with Crippen molar-refractivity contribution in [1.29, 1.82) is 0 Å². The maximum Gasteiger partial charge on any atom is 0.294 e. The van der Waals surface area contributed by atoms with Gasteiger partial charge in [0.2, 0.25) is 0 Å². The SMILES string of the molecule is O=Nc1cccc(S(=O)(=O)O)c1. The number of nitrogens with zero attached hydrogens (tertiary/aromatic N) is 1. The van der Waals surface area contributed by atoms with Crippen LogP contribution in [0.2, 0.25) is 0 Å². The molecule has 0 heterocycles. The van der Waals surface area contributed by atoms with Crippen LogP contribution in [0.25, 0.3) is 0 Å². The summed E-state index contributed by atoms with van der Waals surface area (Å²) in [6.45, 7) is 0. The van der Waals surface area contributed by atoms with E-state index in [1.54, 1.807) is 0 Å². The second-order valence-corrected chi connectivity index (χ2v) is 3.49. The van der Waals surface area contributed by atoms with E-state index in [0.29, 0.717) is 0 Å². The maximum absolute atomic E-state index is 10.5. The topological polar surface area (TPSA) is 83.8 Å². The van der Waals surface area contributed by atoms with Gasteiger partial charge in [-0.05, 0) is 23.4 Å². The van der Waals surface area contributed by atoms with E-state index in [9.17, 15) is 13.3 Å². The van der Waals surface area contributed by atoms with E-state index in [4.69, 9.17) is 4.55 Å². The molecule has 0 bridgehead atoms. The molecule has 0 aliphatic carbocycles. The molecule has 1 N–H and O–H groups in total. The molecule has 12 heavy (non-hydrogen) atoms. The number of nitroso groups, excluding NO2 is 1. The number of hydrogen-bond donors (Lipinski definition) is 1. The van der Waals surface area contributed by atoms with Crippen LogP contribution < -0.4 is 0 Å². The van der Waals surface area contributed by atoms with Crippen LogP contribution >= 0.6 is 0 Å². The van der Waals surface area contributed by atoms with Crippen molar-refractivity contribution in [3.05, 3.63) is 29.2 Å². The summed E-state index contributed by atoms with van der Waals surface area (Å²) < 4.78 is 29.6. The molecule has 0 atom stereocenters. The summed E-state index contributed by atoms with van der Waals surface area (Å²) in [7, 11) is -4.23. The first kappa shape index (κ1) is 8.82. The van der Waals surface area contributed by atoms with Crippen molar-refractivity contribution in [3.63, 3.8) is 0 Å². The Labute approximate surface area is 68.8 Å². The molecule has 0 unspecified atom stereocenters. The third-order valence-corrected chi connectivity index (χ3v) is 2.07. The molecule has 0 aliphatic rings. The molecule has 6 heteroatoms. The first-order chi connectivity index (χ1) is 5.54. The van der Waals surface area contributed by atoms with Gasteiger partial charge in [-0.15, -0.1) is 4.91 Å². The highest BCUT2D eigenvalue weighted by molar-refractivity contribution is 7.85. The average Bonchev–Trinajstić information content (AvgIpc) is 2.03. The molecule has 0 aliphatic heterocycles. The number of hydrogen-bond acceptors (Lipinski definition) is 4. The van der Waals surface area contributed by atoms with Gasteiger partial charge in [-0.3, -0.25) is 4.55 Å². The minimum Gasteiger partial charge on any atom is -0.282 e. The van der Waals surface area contributed by atoms with Gasteiger partial charge >= 0.3 is 0 Å². The molecule has 0 saturated carbocycles. The summed E-state index contributed by atoms with van der Waals surface area (Å²) >= 11 is 0. The van der Waals surface area contributed by atoms with Crippen LogP contribution in [0, 0.1) is 4.91 Å². The summed E-state index contributed by atoms with van der Waals surface area (Å²) in [5.74, 6) is 0. The Kier molecular flexibility index (Phi) is 2.20. The van der Waals surface area contributed by atoms with Gasteiger partial charge in [0.15, 0.2) is 0 Å². The molecule has 0 amide bonds. The zero-order valence-corrected chi connectivity index (χ0v) is 6.65. The average molecular weight is 187 g/mol. The summed E-state index contributed by atoms with van der Waals surface area (Å²) in [6, 6.07) is 4.81. The normalized spacial score (nSPS) is 11.1. The second kappa shape index (κ2) is 3.00. The molecule has 5 nitrogen and oxygen atoms in total. The molecule has 0 radical (unpaired) electrons. The minimum atomic E-state index is -4.23. The van der Waals surface area contributed by atoms with Crippen LogP contribution in [0.4, 0.5) is 5.69 Å². The van der Waals surface area contributed by atoms with Crippen LogP contribution in [0.3, 0.4) is 0 Å². The second-order valence-electron chi connectivity index (χ2n) is 2.06. The van der Waals surface area contributed by atoms with E-state index in [0.717, 1.165) is 6.07 Å². The van der Waals surface area contributed by atoms with Gasteiger partial charge in [-0.2, -0.15) is 8.42 Å².